The third-order valence-electron chi connectivity index (χ3n) is 2.41. The zero-order valence-corrected chi connectivity index (χ0v) is 12.6. The topological polar surface area (TPSA) is 60.2 Å². The van der Waals surface area contributed by atoms with Crippen LogP contribution in [0, 0.1) is 0 Å². The Morgan fingerprint density at radius 3 is 2.44 bits per heavy atom. The molecule has 1 heterocycles. The minimum atomic E-state index is -0.475. The molecular weight excluding hydrogens is 250 g/mol. The van der Waals surface area contributed by atoms with E-state index in [1.54, 1.807) is 0 Å². The van der Waals surface area contributed by atoms with Crippen molar-refractivity contribution in [3.8, 4) is 0 Å². The molecule has 1 rings (SSSR count). The lowest BCUT2D eigenvalue weighted by molar-refractivity contribution is 0.0152. The number of aliphatic hydroxyl groups excluding tert-OH is 1. The summed E-state index contributed by atoms with van der Waals surface area (Å²) in [5.74, 6) is 1.88. The third-order valence-corrected chi connectivity index (χ3v) is 3.58. The molecule has 18 heavy (non-hydrogen) atoms. The predicted octanol–water partition coefficient (Wildman–Crippen LogP) is 1.82. The molecule has 0 radical (unpaired) electrons. The monoisotopic (exact) mass is 273 g/mol. The molecule has 104 valence electrons. The van der Waals surface area contributed by atoms with Crippen LogP contribution in [0.4, 0.5) is 0 Å². The summed E-state index contributed by atoms with van der Waals surface area (Å²) in [6.45, 7) is 8.45. The first-order chi connectivity index (χ1) is 8.41. The van der Waals surface area contributed by atoms with Gasteiger partial charge in [-0.05, 0) is 13.8 Å². The number of ether oxygens (including phenoxy) is 1. The third kappa shape index (κ3) is 4.59. The van der Waals surface area contributed by atoms with Crippen LogP contribution < -0.4 is 0 Å². The summed E-state index contributed by atoms with van der Waals surface area (Å²) in [5, 5.41) is 18.9. The van der Waals surface area contributed by atoms with Gasteiger partial charge in [0.25, 0.3) is 0 Å². The van der Waals surface area contributed by atoms with Crippen LogP contribution in [0.1, 0.15) is 39.4 Å². The highest BCUT2D eigenvalue weighted by Gasteiger charge is 2.14. The van der Waals surface area contributed by atoms with Crippen molar-refractivity contribution in [1.82, 2.24) is 14.8 Å². The van der Waals surface area contributed by atoms with Crippen molar-refractivity contribution < 1.29 is 9.84 Å². The average molecular weight is 273 g/mol. The summed E-state index contributed by atoms with van der Waals surface area (Å²) in [5.41, 5.74) is 0. The maximum absolute atomic E-state index is 9.76. The molecule has 1 N–H and O–H groups in total. The zero-order chi connectivity index (χ0) is 13.7. The molecule has 0 aliphatic carbocycles. The Kier molecular flexibility index (Phi) is 6.11. The highest BCUT2D eigenvalue weighted by Crippen LogP contribution is 2.20. The smallest absolute Gasteiger partial charge is 0.191 e. The van der Waals surface area contributed by atoms with Gasteiger partial charge in [0, 0.05) is 18.7 Å². The highest BCUT2D eigenvalue weighted by molar-refractivity contribution is 7.99. The van der Waals surface area contributed by atoms with E-state index in [9.17, 15) is 5.11 Å². The van der Waals surface area contributed by atoms with E-state index >= 15 is 0 Å². The quantitative estimate of drug-likeness (QED) is 0.768. The average Bonchev–Trinajstić information content (AvgIpc) is 2.65. The predicted molar refractivity (Wildman–Crippen MR) is 72.9 cm³/mol. The summed E-state index contributed by atoms with van der Waals surface area (Å²) < 4.78 is 7.34. The largest absolute Gasteiger partial charge is 0.390 e. The fourth-order valence-electron chi connectivity index (χ4n) is 1.48. The van der Waals surface area contributed by atoms with Gasteiger partial charge in [-0.3, -0.25) is 0 Å². The van der Waals surface area contributed by atoms with E-state index in [2.05, 4.69) is 24.0 Å². The molecule has 0 aliphatic heterocycles. The summed E-state index contributed by atoms with van der Waals surface area (Å²) in [4.78, 5) is 0. The number of thioether (sulfide) groups is 1. The molecule has 0 aliphatic rings. The van der Waals surface area contributed by atoms with Gasteiger partial charge in [0.05, 0.1) is 18.8 Å². The van der Waals surface area contributed by atoms with E-state index in [0.717, 1.165) is 11.0 Å². The molecule has 1 unspecified atom stereocenters. The molecular formula is C12H23N3O2S. The molecule has 0 bridgehead atoms. The number of aromatic nitrogens is 3. The Labute approximate surface area is 113 Å². The first kappa shape index (κ1) is 15.5. The molecule has 1 aromatic heterocycles. The number of hydrogen-bond donors (Lipinski definition) is 1. The van der Waals surface area contributed by atoms with Gasteiger partial charge in [-0.1, -0.05) is 25.6 Å². The lowest BCUT2D eigenvalue weighted by Crippen LogP contribution is -2.20. The molecule has 1 aromatic rings. The maximum Gasteiger partial charge on any atom is 0.191 e. The van der Waals surface area contributed by atoms with Crippen LogP contribution >= 0.6 is 11.8 Å². The molecule has 0 amide bonds. The number of hydrogen-bond acceptors (Lipinski definition) is 5. The molecule has 1 atom stereocenters. The van der Waals surface area contributed by atoms with Gasteiger partial charge in [0.2, 0.25) is 0 Å². The van der Waals surface area contributed by atoms with Gasteiger partial charge in [-0.2, -0.15) is 0 Å². The van der Waals surface area contributed by atoms with E-state index < -0.39 is 6.10 Å². The van der Waals surface area contributed by atoms with Crippen molar-refractivity contribution >= 4 is 11.8 Å². The van der Waals surface area contributed by atoms with Crippen molar-refractivity contribution in [2.75, 3.05) is 12.4 Å². The Bertz CT molecular complexity index is 366. The lowest BCUT2D eigenvalue weighted by Gasteiger charge is -2.13. The van der Waals surface area contributed by atoms with Crippen LogP contribution in [-0.4, -0.2) is 44.4 Å². The van der Waals surface area contributed by atoms with Crippen molar-refractivity contribution in [3.63, 3.8) is 0 Å². The number of rotatable bonds is 7. The Morgan fingerprint density at radius 1 is 1.28 bits per heavy atom. The van der Waals surface area contributed by atoms with Gasteiger partial charge in [-0.15, -0.1) is 10.2 Å². The van der Waals surface area contributed by atoms with Gasteiger partial charge in [0.1, 0.15) is 5.82 Å². The zero-order valence-electron chi connectivity index (χ0n) is 11.8. The van der Waals surface area contributed by atoms with E-state index in [4.69, 9.17) is 4.74 Å². The molecule has 0 aromatic carbocycles. The van der Waals surface area contributed by atoms with Crippen LogP contribution in [0.25, 0.3) is 0 Å². The molecule has 0 saturated carbocycles. The van der Waals surface area contributed by atoms with Crippen LogP contribution in [-0.2, 0) is 11.8 Å². The molecule has 5 nitrogen and oxygen atoms in total. The second-order valence-corrected chi connectivity index (χ2v) is 5.89. The Balaban J connectivity index is 2.44. The standard InChI is InChI=1S/C12H23N3O2S/c1-8(2)11-13-14-12(15(11)5)18-7-10(16)6-17-9(3)4/h8-10,16H,6-7H2,1-5H3. The van der Waals surface area contributed by atoms with Crippen molar-refractivity contribution in [1.29, 1.82) is 0 Å². The van der Waals surface area contributed by atoms with Gasteiger partial charge >= 0.3 is 0 Å². The van der Waals surface area contributed by atoms with Crippen LogP contribution in [0.3, 0.4) is 0 Å². The number of aliphatic hydroxyl groups is 1. The second-order valence-electron chi connectivity index (χ2n) is 4.90. The second kappa shape index (κ2) is 7.11. The summed E-state index contributed by atoms with van der Waals surface area (Å²) in [6, 6.07) is 0. The molecule has 0 fully saturated rings. The fraction of sp³-hybridized carbons (Fsp3) is 0.833. The van der Waals surface area contributed by atoms with E-state index in [-0.39, 0.29) is 6.10 Å². The Morgan fingerprint density at radius 2 is 1.94 bits per heavy atom. The summed E-state index contributed by atoms with van der Waals surface area (Å²) in [7, 11) is 1.95. The first-order valence-corrected chi connectivity index (χ1v) is 7.22. The first-order valence-electron chi connectivity index (χ1n) is 6.23. The fourth-order valence-corrected chi connectivity index (χ4v) is 2.30. The number of nitrogens with zero attached hydrogens (tertiary/aromatic N) is 3. The molecule has 0 spiro atoms. The molecule has 6 heteroatoms. The van der Waals surface area contributed by atoms with Gasteiger partial charge < -0.3 is 14.4 Å². The van der Waals surface area contributed by atoms with Gasteiger partial charge in [0.15, 0.2) is 5.16 Å². The summed E-state index contributed by atoms with van der Waals surface area (Å²) >= 11 is 1.50. The minimum absolute atomic E-state index is 0.145. The van der Waals surface area contributed by atoms with Crippen LogP contribution in [0.2, 0.25) is 0 Å². The van der Waals surface area contributed by atoms with Crippen molar-refractivity contribution in [3.05, 3.63) is 5.82 Å². The summed E-state index contributed by atoms with van der Waals surface area (Å²) in [6.07, 6.45) is -0.330. The minimum Gasteiger partial charge on any atom is -0.390 e. The van der Waals surface area contributed by atoms with Crippen LogP contribution in [0.5, 0.6) is 0 Å². The maximum atomic E-state index is 9.76. The van der Waals surface area contributed by atoms with E-state index in [0.29, 0.717) is 18.3 Å². The normalized spacial score (nSPS) is 13.6. The molecule has 0 saturated heterocycles. The Hall–Kier alpha value is -0.590. The van der Waals surface area contributed by atoms with Crippen molar-refractivity contribution in [2.24, 2.45) is 7.05 Å². The van der Waals surface area contributed by atoms with Crippen molar-refractivity contribution in [2.45, 2.75) is 51.0 Å². The lowest BCUT2D eigenvalue weighted by atomic mass is 10.2. The SMILES string of the molecule is CC(C)OCC(O)CSc1nnc(C(C)C)n1C. The van der Waals surface area contributed by atoms with E-state index in [1.165, 1.54) is 11.8 Å². The van der Waals surface area contributed by atoms with Gasteiger partial charge in [-0.25, -0.2) is 0 Å². The van der Waals surface area contributed by atoms with E-state index in [1.807, 2.05) is 25.5 Å². The highest BCUT2D eigenvalue weighted by atomic mass is 32.2. The van der Waals surface area contributed by atoms with Crippen LogP contribution in [0.15, 0.2) is 5.16 Å².